The highest BCUT2D eigenvalue weighted by Crippen LogP contribution is 2.41. The van der Waals surface area contributed by atoms with Crippen LogP contribution in [0.25, 0.3) is 11.0 Å². The molecule has 1 saturated heterocycles. The van der Waals surface area contributed by atoms with Gasteiger partial charge in [-0.2, -0.15) is 23.5 Å². The fourth-order valence-electron chi connectivity index (χ4n) is 2.56. The fourth-order valence-corrected chi connectivity index (χ4v) is 5.63. The number of benzene rings is 1. The molecule has 1 aromatic heterocycles. The molecule has 114 valence electrons. The van der Waals surface area contributed by atoms with Crippen molar-refractivity contribution in [1.82, 2.24) is 5.43 Å². The van der Waals surface area contributed by atoms with E-state index < -0.39 is 0 Å². The molecule has 1 fully saturated rings. The number of rotatable bonds is 3. The lowest BCUT2D eigenvalue weighted by Gasteiger charge is -2.34. The Balaban J connectivity index is 1.89. The van der Waals surface area contributed by atoms with Crippen molar-refractivity contribution >= 4 is 34.5 Å². The van der Waals surface area contributed by atoms with Gasteiger partial charge in [-0.15, -0.1) is 0 Å². The van der Waals surface area contributed by atoms with E-state index in [4.69, 9.17) is 10.3 Å². The van der Waals surface area contributed by atoms with E-state index in [2.05, 4.69) is 19.3 Å². The van der Waals surface area contributed by atoms with Crippen molar-refractivity contribution in [3.63, 3.8) is 0 Å². The number of hydrogen-bond acceptors (Lipinski definition) is 5. The van der Waals surface area contributed by atoms with Crippen LogP contribution in [-0.2, 0) is 0 Å². The van der Waals surface area contributed by atoms with Crippen molar-refractivity contribution in [2.75, 3.05) is 5.75 Å². The molecule has 2 heterocycles. The zero-order valence-corrected chi connectivity index (χ0v) is 13.6. The van der Waals surface area contributed by atoms with Crippen LogP contribution in [0.5, 0.6) is 0 Å². The van der Waals surface area contributed by atoms with Crippen LogP contribution < -0.4 is 11.3 Å². The molecule has 0 spiro atoms. The van der Waals surface area contributed by atoms with E-state index in [1.54, 1.807) is 6.07 Å². The molecule has 0 radical (unpaired) electrons. The van der Waals surface area contributed by atoms with Crippen molar-refractivity contribution in [1.29, 1.82) is 0 Å². The summed E-state index contributed by atoms with van der Waals surface area (Å²) < 4.78 is 19.5. The minimum Gasteiger partial charge on any atom is -0.456 e. The molecule has 3 N–H and O–H groups in total. The predicted molar refractivity (Wildman–Crippen MR) is 89.0 cm³/mol. The van der Waals surface area contributed by atoms with Gasteiger partial charge >= 0.3 is 0 Å². The van der Waals surface area contributed by atoms with Crippen molar-refractivity contribution in [3.8, 4) is 0 Å². The number of hydrazine groups is 1. The molecule has 2 aromatic rings. The van der Waals surface area contributed by atoms with E-state index in [1.807, 2.05) is 35.7 Å². The Kier molecular flexibility index (Phi) is 4.49. The van der Waals surface area contributed by atoms with Gasteiger partial charge in [0.05, 0.1) is 6.04 Å². The van der Waals surface area contributed by atoms with Crippen LogP contribution in [-0.4, -0.2) is 21.5 Å². The maximum atomic E-state index is 13.8. The van der Waals surface area contributed by atoms with Gasteiger partial charge in [0.2, 0.25) is 0 Å². The Morgan fingerprint density at radius 3 is 2.86 bits per heavy atom. The molecule has 3 rings (SSSR count). The lowest BCUT2D eigenvalue weighted by atomic mass is 10.1. The molecule has 1 aliphatic rings. The van der Waals surface area contributed by atoms with Gasteiger partial charge in [-0.05, 0) is 12.1 Å². The smallest absolute Gasteiger partial charge is 0.169 e. The number of nitrogens with two attached hydrogens (primary N) is 1. The van der Waals surface area contributed by atoms with Crippen LogP contribution in [0.15, 0.2) is 28.7 Å². The van der Waals surface area contributed by atoms with Gasteiger partial charge in [0.1, 0.15) is 5.76 Å². The summed E-state index contributed by atoms with van der Waals surface area (Å²) in [4.78, 5) is 0. The van der Waals surface area contributed by atoms with E-state index >= 15 is 0 Å². The lowest BCUT2D eigenvalue weighted by Crippen LogP contribution is -2.40. The highest BCUT2D eigenvalue weighted by molar-refractivity contribution is 8.07. The number of furan rings is 1. The molecule has 21 heavy (non-hydrogen) atoms. The number of nitrogens with one attached hydrogen (secondary N) is 1. The molecule has 0 saturated carbocycles. The van der Waals surface area contributed by atoms with Crippen molar-refractivity contribution in [2.45, 2.75) is 35.6 Å². The van der Waals surface area contributed by atoms with Gasteiger partial charge in [0, 0.05) is 26.9 Å². The Morgan fingerprint density at radius 2 is 2.19 bits per heavy atom. The quantitative estimate of drug-likeness (QED) is 0.665. The fraction of sp³-hybridized carbons (Fsp3) is 0.467. The second-order valence-corrected chi connectivity index (χ2v) is 8.40. The first-order chi connectivity index (χ1) is 10.1. The summed E-state index contributed by atoms with van der Waals surface area (Å²) in [6, 6.07) is 6.74. The lowest BCUT2D eigenvalue weighted by molar-refractivity contribution is 0.427. The van der Waals surface area contributed by atoms with E-state index in [0.717, 1.165) is 11.1 Å². The number of hydrogen-bond donors (Lipinski definition) is 2. The molecule has 0 bridgehead atoms. The number of thioether (sulfide) groups is 2. The van der Waals surface area contributed by atoms with Crippen molar-refractivity contribution < 1.29 is 8.81 Å². The second kappa shape index (κ2) is 6.20. The van der Waals surface area contributed by atoms with E-state index in [1.165, 1.54) is 6.07 Å². The van der Waals surface area contributed by atoms with Gasteiger partial charge in [-0.1, -0.05) is 26.0 Å². The zero-order valence-electron chi connectivity index (χ0n) is 12.0. The normalized spacial score (nSPS) is 27.9. The van der Waals surface area contributed by atoms with Gasteiger partial charge in [0.15, 0.2) is 11.4 Å². The average Bonchev–Trinajstić information content (AvgIpc) is 2.89. The molecule has 0 aliphatic carbocycles. The minimum atomic E-state index is -0.331. The third kappa shape index (κ3) is 2.95. The zero-order chi connectivity index (χ0) is 15.0. The van der Waals surface area contributed by atoms with E-state index in [9.17, 15) is 4.39 Å². The second-order valence-electron chi connectivity index (χ2n) is 5.37. The first kappa shape index (κ1) is 15.2. The Hall–Kier alpha value is -0.690. The van der Waals surface area contributed by atoms with E-state index in [-0.39, 0.29) is 11.9 Å². The van der Waals surface area contributed by atoms with Crippen molar-refractivity contribution in [2.24, 2.45) is 5.84 Å². The molecule has 0 amide bonds. The van der Waals surface area contributed by atoms with Crippen LogP contribution >= 0.6 is 23.5 Å². The predicted octanol–water partition coefficient (Wildman–Crippen LogP) is 3.70. The average molecular weight is 326 g/mol. The number of fused-ring (bicyclic) bond motifs is 1. The highest BCUT2D eigenvalue weighted by atomic mass is 32.2. The van der Waals surface area contributed by atoms with Crippen molar-refractivity contribution in [3.05, 3.63) is 35.8 Å². The van der Waals surface area contributed by atoms with Gasteiger partial charge in [-0.25, -0.2) is 9.82 Å². The summed E-state index contributed by atoms with van der Waals surface area (Å²) in [7, 11) is 0. The molecule has 3 nitrogen and oxygen atoms in total. The van der Waals surface area contributed by atoms with Crippen LogP contribution in [0.1, 0.15) is 25.6 Å². The topological polar surface area (TPSA) is 51.2 Å². The molecule has 4 atom stereocenters. The van der Waals surface area contributed by atoms with Crippen LogP contribution in [0.3, 0.4) is 0 Å². The van der Waals surface area contributed by atoms with Crippen LogP contribution in [0.2, 0.25) is 0 Å². The van der Waals surface area contributed by atoms with Gasteiger partial charge in [0.25, 0.3) is 0 Å². The Bertz CT molecular complexity index is 633. The maximum absolute atomic E-state index is 13.8. The largest absolute Gasteiger partial charge is 0.456 e. The van der Waals surface area contributed by atoms with Crippen LogP contribution in [0.4, 0.5) is 4.39 Å². The summed E-state index contributed by atoms with van der Waals surface area (Å²) in [5.74, 6) is 7.13. The maximum Gasteiger partial charge on any atom is 0.169 e. The van der Waals surface area contributed by atoms with Gasteiger partial charge in [-0.3, -0.25) is 5.84 Å². The first-order valence-corrected chi connectivity index (χ1v) is 9.00. The third-order valence-electron chi connectivity index (χ3n) is 3.95. The SMILES string of the molecule is CC1SCC(C(NN)c2cc3cccc(F)c3o2)SC1C. The standard InChI is InChI=1S/C15H19FN2OS2/c1-8-9(2)21-13(7-20-8)14(18-17)12-6-10-4-3-5-11(16)15(10)19-12/h3-6,8-9,13-14,18H,7,17H2,1-2H3. The van der Waals surface area contributed by atoms with Gasteiger partial charge < -0.3 is 4.42 Å². The Labute approximate surface area is 132 Å². The monoisotopic (exact) mass is 326 g/mol. The van der Waals surface area contributed by atoms with E-state index in [0.29, 0.717) is 27.1 Å². The summed E-state index contributed by atoms with van der Waals surface area (Å²) in [6.07, 6.45) is 0. The third-order valence-corrected chi connectivity index (χ3v) is 7.44. The summed E-state index contributed by atoms with van der Waals surface area (Å²) in [5.41, 5.74) is 3.16. The number of halogens is 1. The summed E-state index contributed by atoms with van der Waals surface area (Å²) in [6.45, 7) is 4.49. The Morgan fingerprint density at radius 1 is 1.38 bits per heavy atom. The van der Waals surface area contributed by atoms with Crippen LogP contribution in [0, 0.1) is 5.82 Å². The molecule has 4 unspecified atom stereocenters. The molecule has 1 aliphatic heterocycles. The summed E-state index contributed by atoms with van der Waals surface area (Å²) in [5, 5.41) is 2.29. The number of para-hydroxylation sites is 1. The molecule has 6 heteroatoms. The highest BCUT2D eigenvalue weighted by Gasteiger charge is 2.33. The molecular formula is C15H19FN2OS2. The minimum absolute atomic E-state index is 0.107. The summed E-state index contributed by atoms with van der Waals surface area (Å²) >= 11 is 3.87. The first-order valence-electron chi connectivity index (χ1n) is 7.01. The molecule has 1 aromatic carbocycles. The molecular weight excluding hydrogens is 307 g/mol.